The Labute approximate surface area is 201 Å². The predicted octanol–water partition coefficient (Wildman–Crippen LogP) is 3.70. The number of aryl methyl sites for hydroxylation is 1. The van der Waals surface area contributed by atoms with E-state index in [1.54, 1.807) is 42.5 Å². The molecule has 1 heterocycles. The van der Waals surface area contributed by atoms with E-state index in [0.29, 0.717) is 28.4 Å². The molecule has 1 aromatic heterocycles. The van der Waals surface area contributed by atoms with Crippen LogP contribution >= 0.6 is 11.6 Å². The standard InChI is InChI=1S/C23H23ClN6O4/c1-3-20(32)26-17-6-4-5-7-18(17)27-21-16(24)13-25-23(29-21)28-19-12-15(9-8-14(19)2)22(33)30-34-11-10-31/h3-9,12-13,31H,1,10-11H2,2H3,(H,26,32)(H,30,33)(H2,25,27,28,29). The van der Waals surface area contributed by atoms with Crippen LogP contribution in [0.25, 0.3) is 0 Å². The predicted molar refractivity (Wildman–Crippen MR) is 131 cm³/mol. The second kappa shape index (κ2) is 11.8. The molecule has 34 heavy (non-hydrogen) atoms. The molecule has 0 saturated heterocycles. The number of nitrogens with one attached hydrogen (secondary N) is 4. The highest BCUT2D eigenvalue weighted by molar-refractivity contribution is 6.33. The third-order valence-electron chi connectivity index (χ3n) is 4.47. The Kier molecular flexibility index (Phi) is 8.52. The molecule has 0 aliphatic rings. The van der Waals surface area contributed by atoms with Gasteiger partial charge in [-0.05, 0) is 42.8 Å². The Balaban J connectivity index is 1.81. The van der Waals surface area contributed by atoms with E-state index in [-0.39, 0.29) is 30.1 Å². The first-order valence-electron chi connectivity index (χ1n) is 10.1. The van der Waals surface area contributed by atoms with E-state index in [9.17, 15) is 9.59 Å². The summed E-state index contributed by atoms with van der Waals surface area (Å²) in [5.41, 5.74) is 5.13. The SMILES string of the molecule is C=CC(=O)Nc1ccccc1Nc1nc(Nc2cc(C(=O)NOCCO)ccc2C)ncc1Cl. The van der Waals surface area contributed by atoms with Crippen molar-refractivity contribution in [2.45, 2.75) is 6.92 Å². The molecule has 0 saturated carbocycles. The summed E-state index contributed by atoms with van der Waals surface area (Å²) in [5.74, 6) is -0.277. The first kappa shape index (κ1) is 24.6. The normalized spacial score (nSPS) is 10.3. The van der Waals surface area contributed by atoms with Gasteiger partial charge in [-0.3, -0.25) is 14.4 Å². The molecule has 3 rings (SSSR count). The number of benzene rings is 2. The molecule has 0 fully saturated rings. The number of anilines is 5. The van der Waals surface area contributed by atoms with Crippen molar-refractivity contribution < 1.29 is 19.5 Å². The number of carbonyl (C=O) groups excluding carboxylic acids is 2. The molecular formula is C23H23ClN6O4. The van der Waals surface area contributed by atoms with Crippen molar-refractivity contribution in [3.05, 3.63) is 77.5 Å². The molecule has 0 spiro atoms. The van der Waals surface area contributed by atoms with Gasteiger partial charge in [-0.15, -0.1) is 0 Å². The van der Waals surface area contributed by atoms with Crippen LogP contribution in [-0.2, 0) is 9.63 Å². The van der Waals surface area contributed by atoms with Crippen molar-refractivity contribution in [2.75, 3.05) is 29.2 Å². The fourth-order valence-electron chi connectivity index (χ4n) is 2.77. The van der Waals surface area contributed by atoms with Gasteiger partial charge in [-0.25, -0.2) is 10.5 Å². The average molecular weight is 483 g/mol. The van der Waals surface area contributed by atoms with Crippen LogP contribution < -0.4 is 21.4 Å². The number of aromatic nitrogens is 2. The number of hydroxylamine groups is 1. The van der Waals surface area contributed by atoms with Gasteiger partial charge in [0.1, 0.15) is 5.02 Å². The maximum absolute atomic E-state index is 12.2. The number of amides is 2. The number of para-hydroxylation sites is 2. The Bertz CT molecular complexity index is 1200. The van der Waals surface area contributed by atoms with E-state index in [1.165, 1.54) is 12.3 Å². The summed E-state index contributed by atoms with van der Waals surface area (Å²) < 4.78 is 0. The number of hydrogen-bond acceptors (Lipinski definition) is 8. The van der Waals surface area contributed by atoms with Crippen LogP contribution in [-0.4, -0.2) is 40.1 Å². The van der Waals surface area contributed by atoms with Crippen molar-refractivity contribution in [3.63, 3.8) is 0 Å². The molecular weight excluding hydrogens is 460 g/mol. The largest absolute Gasteiger partial charge is 0.394 e. The van der Waals surface area contributed by atoms with E-state index in [2.05, 4.69) is 38.0 Å². The third-order valence-corrected chi connectivity index (χ3v) is 4.75. The summed E-state index contributed by atoms with van der Waals surface area (Å²) in [6.07, 6.45) is 2.60. The van der Waals surface area contributed by atoms with Crippen molar-refractivity contribution >= 4 is 52.2 Å². The van der Waals surface area contributed by atoms with E-state index in [4.69, 9.17) is 21.5 Å². The van der Waals surface area contributed by atoms with Gasteiger partial charge in [0.05, 0.1) is 30.8 Å². The molecule has 0 radical (unpaired) electrons. The zero-order chi connectivity index (χ0) is 24.5. The lowest BCUT2D eigenvalue weighted by molar-refractivity contribution is -0.111. The summed E-state index contributed by atoms with van der Waals surface area (Å²) in [5, 5.41) is 17.9. The highest BCUT2D eigenvalue weighted by Gasteiger charge is 2.12. The highest BCUT2D eigenvalue weighted by atomic mass is 35.5. The van der Waals surface area contributed by atoms with Gasteiger partial charge >= 0.3 is 0 Å². The van der Waals surface area contributed by atoms with Gasteiger partial charge in [0.15, 0.2) is 5.82 Å². The zero-order valence-corrected chi connectivity index (χ0v) is 19.0. The van der Waals surface area contributed by atoms with Crippen LogP contribution in [0.4, 0.5) is 28.8 Å². The maximum atomic E-state index is 12.2. The quantitative estimate of drug-likeness (QED) is 0.167. The fourth-order valence-corrected chi connectivity index (χ4v) is 2.91. The van der Waals surface area contributed by atoms with Gasteiger partial charge in [0.2, 0.25) is 11.9 Å². The minimum atomic E-state index is -0.464. The van der Waals surface area contributed by atoms with Gasteiger partial charge in [-0.1, -0.05) is 36.4 Å². The third kappa shape index (κ3) is 6.51. The zero-order valence-electron chi connectivity index (χ0n) is 18.3. The maximum Gasteiger partial charge on any atom is 0.274 e. The summed E-state index contributed by atoms with van der Waals surface area (Å²) in [6, 6.07) is 12.1. The van der Waals surface area contributed by atoms with Crippen LogP contribution in [0.3, 0.4) is 0 Å². The number of hydrogen-bond donors (Lipinski definition) is 5. The number of nitrogens with zero attached hydrogens (tertiary/aromatic N) is 2. The van der Waals surface area contributed by atoms with E-state index < -0.39 is 5.91 Å². The van der Waals surface area contributed by atoms with Gasteiger partial charge < -0.3 is 21.1 Å². The molecule has 0 bridgehead atoms. The lowest BCUT2D eigenvalue weighted by Crippen LogP contribution is -2.25. The lowest BCUT2D eigenvalue weighted by Gasteiger charge is -2.14. The van der Waals surface area contributed by atoms with Crippen molar-refractivity contribution in [1.82, 2.24) is 15.4 Å². The fraction of sp³-hybridized carbons (Fsp3) is 0.130. The molecule has 0 unspecified atom stereocenters. The van der Waals surface area contributed by atoms with Gasteiger partial charge in [0.25, 0.3) is 5.91 Å². The monoisotopic (exact) mass is 482 g/mol. The van der Waals surface area contributed by atoms with Crippen LogP contribution in [0, 0.1) is 6.92 Å². The van der Waals surface area contributed by atoms with Gasteiger partial charge in [0, 0.05) is 11.3 Å². The first-order chi connectivity index (χ1) is 16.4. The molecule has 0 atom stereocenters. The second-order valence-electron chi connectivity index (χ2n) is 6.91. The summed E-state index contributed by atoms with van der Waals surface area (Å²) >= 11 is 6.29. The molecule has 2 amide bonds. The Morgan fingerprint density at radius 2 is 1.91 bits per heavy atom. The second-order valence-corrected chi connectivity index (χ2v) is 7.32. The summed E-state index contributed by atoms with van der Waals surface area (Å²) in [6.45, 7) is 5.09. The first-order valence-corrected chi connectivity index (χ1v) is 10.5. The van der Waals surface area contributed by atoms with E-state index in [1.807, 2.05) is 6.92 Å². The van der Waals surface area contributed by atoms with Crippen LogP contribution in [0.15, 0.2) is 61.3 Å². The minimum absolute atomic E-state index is 0.0164. The Morgan fingerprint density at radius 3 is 2.65 bits per heavy atom. The lowest BCUT2D eigenvalue weighted by atomic mass is 10.1. The molecule has 176 valence electrons. The molecule has 10 nitrogen and oxygen atoms in total. The van der Waals surface area contributed by atoms with Crippen molar-refractivity contribution in [3.8, 4) is 0 Å². The number of aliphatic hydroxyl groups excluding tert-OH is 1. The minimum Gasteiger partial charge on any atom is -0.394 e. The van der Waals surface area contributed by atoms with E-state index >= 15 is 0 Å². The Hall–Kier alpha value is -3.99. The smallest absolute Gasteiger partial charge is 0.274 e. The van der Waals surface area contributed by atoms with E-state index in [0.717, 1.165) is 5.56 Å². The molecule has 11 heteroatoms. The molecule has 3 aromatic rings. The molecule has 0 aliphatic heterocycles. The number of rotatable bonds is 10. The van der Waals surface area contributed by atoms with Crippen LogP contribution in [0.1, 0.15) is 15.9 Å². The number of halogens is 1. The van der Waals surface area contributed by atoms with Crippen molar-refractivity contribution in [1.29, 1.82) is 0 Å². The summed E-state index contributed by atoms with van der Waals surface area (Å²) in [4.78, 5) is 37.5. The van der Waals surface area contributed by atoms with Crippen molar-refractivity contribution in [2.24, 2.45) is 0 Å². The number of carbonyl (C=O) groups is 2. The van der Waals surface area contributed by atoms with Gasteiger partial charge in [-0.2, -0.15) is 4.98 Å². The molecule has 5 N–H and O–H groups in total. The molecule has 0 aliphatic carbocycles. The molecule has 2 aromatic carbocycles. The van der Waals surface area contributed by atoms with Crippen LogP contribution in [0.5, 0.6) is 0 Å². The Morgan fingerprint density at radius 1 is 1.15 bits per heavy atom. The van der Waals surface area contributed by atoms with Crippen LogP contribution in [0.2, 0.25) is 5.02 Å². The summed E-state index contributed by atoms with van der Waals surface area (Å²) in [7, 11) is 0. The topological polar surface area (TPSA) is 138 Å². The average Bonchev–Trinajstić information content (AvgIpc) is 2.83. The highest BCUT2D eigenvalue weighted by Crippen LogP contribution is 2.29. The number of aliphatic hydroxyl groups is 1.